The second-order valence-corrected chi connectivity index (χ2v) is 5.09. The smallest absolute Gasteiger partial charge is 0.224 e. The Labute approximate surface area is 116 Å². The maximum Gasteiger partial charge on any atom is 0.224 e. The van der Waals surface area contributed by atoms with E-state index in [0.717, 1.165) is 16.3 Å². The van der Waals surface area contributed by atoms with Crippen LogP contribution >= 0.6 is 15.9 Å². The maximum absolute atomic E-state index is 11.9. The van der Waals surface area contributed by atoms with Crippen molar-refractivity contribution in [2.45, 2.75) is 19.4 Å². The molecule has 0 aromatic heterocycles. The molecule has 0 aliphatic heterocycles. The van der Waals surface area contributed by atoms with E-state index in [-0.39, 0.29) is 11.9 Å². The normalized spacial score (nSPS) is 12.3. The Morgan fingerprint density at radius 2 is 1.94 bits per heavy atom. The molecule has 0 fully saturated rings. The molecule has 0 heterocycles. The van der Waals surface area contributed by atoms with Crippen molar-refractivity contribution in [3.63, 3.8) is 0 Å². The van der Waals surface area contributed by atoms with Gasteiger partial charge in [0, 0.05) is 11.4 Å². The van der Waals surface area contributed by atoms with Gasteiger partial charge in [-0.1, -0.05) is 58.4 Å². The third kappa shape index (κ3) is 3.10. The molecule has 3 heteroatoms. The van der Waals surface area contributed by atoms with Crippen LogP contribution in [-0.4, -0.2) is 17.3 Å². The maximum atomic E-state index is 11.9. The summed E-state index contributed by atoms with van der Waals surface area (Å²) in [4.78, 5) is 11.9. The van der Waals surface area contributed by atoms with E-state index >= 15 is 0 Å². The van der Waals surface area contributed by atoms with Crippen LogP contribution in [0.1, 0.15) is 12.5 Å². The summed E-state index contributed by atoms with van der Waals surface area (Å²) in [7, 11) is 0. The second kappa shape index (κ2) is 6.01. The largest absolute Gasteiger partial charge is 0.353 e. The van der Waals surface area contributed by atoms with Gasteiger partial charge in [0.25, 0.3) is 0 Å². The van der Waals surface area contributed by atoms with Gasteiger partial charge in [-0.05, 0) is 23.3 Å². The van der Waals surface area contributed by atoms with Crippen LogP contribution in [0.3, 0.4) is 0 Å². The molecule has 0 bridgehead atoms. The average molecular weight is 306 g/mol. The molecule has 2 aromatic carbocycles. The topological polar surface area (TPSA) is 29.1 Å². The van der Waals surface area contributed by atoms with Crippen LogP contribution < -0.4 is 5.32 Å². The van der Waals surface area contributed by atoms with Crippen molar-refractivity contribution in [2.75, 3.05) is 5.33 Å². The number of hydrogen-bond acceptors (Lipinski definition) is 1. The number of carbonyl (C=O) groups is 1. The number of rotatable bonds is 4. The van der Waals surface area contributed by atoms with Crippen LogP contribution in [0, 0.1) is 0 Å². The third-order valence-corrected chi connectivity index (χ3v) is 3.84. The Bertz CT molecular complexity index is 548. The summed E-state index contributed by atoms with van der Waals surface area (Å²) < 4.78 is 0. The molecule has 0 radical (unpaired) electrons. The third-order valence-electron chi connectivity index (χ3n) is 2.87. The molecule has 1 N–H and O–H groups in total. The molecule has 2 rings (SSSR count). The van der Waals surface area contributed by atoms with Crippen molar-refractivity contribution in [2.24, 2.45) is 0 Å². The van der Waals surface area contributed by atoms with Crippen LogP contribution in [0.15, 0.2) is 42.5 Å². The number of benzene rings is 2. The van der Waals surface area contributed by atoms with Gasteiger partial charge >= 0.3 is 0 Å². The van der Waals surface area contributed by atoms with Crippen LogP contribution in [-0.2, 0) is 11.2 Å². The molecule has 94 valence electrons. The van der Waals surface area contributed by atoms with E-state index in [0.29, 0.717) is 6.42 Å². The number of hydrogen-bond donors (Lipinski definition) is 1. The van der Waals surface area contributed by atoms with Gasteiger partial charge in [0.1, 0.15) is 0 Å². The summed E-state index contributed by atoms with van der Waals surface area (Å²) >= 11 is 3.35. The van der Waals surface area contributed by atoms with E-state index in [1.165, 1.54) is 5.39 Å². The number of amides is 1. The summed E-state index contributed by atoms with van der Waals surface area (Å²) in [5.74, 6) is 0.0679. The fourth-order valence-electron chi connectivity index (χ4n) is 1.98. The minimum Gasteiger partial charge on any atom is -0.353 e. The molecule has 2 aromatic rings. The van der Waals surface area contributed by atoms with Gasteiger partial charge in [0.2, 0.25) is 5.91 Å². The molecule has 0 saturated heterocycles. The van der Waals surface area contributed by atoms with Crippen molar-refractivity contribution in [1.29, 1.82) is 0 Å². The highest BCUT2D eigenvalue weighted by Crippen LogP contribution is 2.18. The summed E-state index contributed by atoms with van der Waals surface area (Å²) in [6.45, 7) is 1.98. The Morgan fingerprint density at radius 3 is 2.72 bits per heavy atom. The van der Waals surface area contributed by atoms with E-state index < -0.39 is 0 Å². The minimum absolute atomic E-state index is 0.0679. The van der Waals surface area contributed by atoms with Gasteiger partial charge in [-0.25, -0.2) is 0 Å². The molecule has 2 nitrogen and oxygen atoms in total. The van der Waals surface area contributed by atoms with Gasteiger partial charge in [0.05, 0.1) is 6.42 Å². The average Bonchev–Trinajstić information content (AvgIpc) is 2.39. The quantitative estimate of drug-likeness (QED) is 0.863. The zero-order valence-electron chi connectivity index (χ0n) is 10.3. The molecule has 18 heavy (non-hydrogen) atoms. The first kappa shape index (κ1) is 13.1. The number of alkyl halides is 1. The monoisotopic (exact) mass is 305 g/mol. The van der Waals surface area contributed by atoms with Gasteiger partial charge in [-0.3, -0.25) is 4.79 Å². The van der Waals surface area contributed by atoms with Crippen LogP contribution in [0.5, 0.6) is 0 Å². The Kier molecular flexibility index (Phi) is 4.37. The standard InChI is InChI=1S/C15H16BrNO/c1-11(10-16)17-15(18)9-13-7-4-6-12-5-2-3-8-14(12)13/h2-8,11H,9-10H2,1H3,(H,17,18). The number of fused-ring (bicyclic) bond motifs is 1. The fraction of sp³-hybridized carbons (Fsp3) is 0.267. The Hall–Kier alpha value is -1.35. The number of nitrogens with one attached hydrogen (secondary N) is 1. The Balaban J connectivity index is 2.19. The lowest BCUT2D eigenvalue weighted by atomic mass is 10.0. The molecule has 0 spiro atoms. The van der Waals surface area contributed by atoms with E-state index in [1.807, 2.05) is 31.2 Å². The van der Waals surface area contributed by atoms with Crippen molar-refractivity contribution in [3.05, 3.63) is 48.0 Å². The van der Waals surface area contributed by atoms with E-state index in [2.05, 4.69) is 39.4 Å². The van der Waals surface area contributed by atoms with Gasteiger partial charge in [-0.15, -0.1) is 0 Å². The van der Waals surface area contributed by atoms with Crippen molar-refractivity contribution in [3.8, 4) is 0 Å². The van der Waals surface area contributed by atoms with Crippen molar-refractivity contribution in [1.82, 2.24) is 5.32 Å². The first-order valence-electron chi connectivity index (χ1n) is 6.02. The molecule has 1 amide bonds. The zero-order chi connectivity index (χ0) is 13.0. The number of halogens is 1. The summed E-state index contributed by atoms with van der Waals surface area (Å²) in [5.41, 5.74) is 1.08. The first-order valence-corrected chi connectivity index (χ1v) is 7.15. The van der Waals surface area contributed by atoms with Crippen LogP contribution in [0.25, 0.3) is 10.8 Å². The zero-order valence-corrected chi connectivity index (χ0v) is 11.9. The highest BCUT2D eigenvalue weighted by Gasteiger charge is 2.08. The summed E-state index contributed by atoms with van der Waals surface area (Å²) in [5, 5.41) is 6.06. The van der Waals surface area contributed by atoms with E-state index in [9.17, 15) is 4.79 Å². The first-order chi connectivity index (χ1) is 8.70. The molecular weight excluding hydrogens is 290 g/mol. The van der Waals surface area contributed by atoms with E-state index in [4.69, 9.17) is 0 Å². The number of carbonyl (C=O) groups excluding carboxylic acids is 1. The Morgan fingerprint density at radius 1 is 1.22 bits per heavy atom. The van der Waals surface area contributed by atoms with E-state index in [1.54, 1.807) is 0 Å². The minimum atomic E-state index is 0.0679. The highest BCUT2D eigenvalue weighted by molar-refractivity contribution is 9.09. The highest BCUT2D eigenvalue weighted by atomic mass is 79.9. The molecule has 0 aliphatic rings. The summed E-state index contributed by atoms with van der Waals surface area (Å²) in [6, 6.07) is 14.4. The summed E-state index contributed by atoms with van der Waals surface area (Å²) in [6.07, 6.45) is 0.429. The lowest BCUT2D eigenvalue weighted by Gasteiger charge is -2.11. The molecular formula is C15H16BrNO. The van der Waals surface area contributed by atoms with Gasteiger partial charge in [0.15, 0.2) is 0 Å². The SMILES string of the molecule is CC(CBr)NC(=O)Cc1cccc2ccccc12. The fourth-order valence-corrected chi connectivity index (χ4v) is 2.15. The second-order valence-electron chi connectivity index (χ2n) is 4.44. The van der Waals surface area contributed by atoms with Gasteiger partial charge in [-0.2, -0.15) is 0 Å². The van der Waals surface area contributed by atoms with Gasteiger partial charge < -0.3 is 5.32 Å². The molecule has 0 saturated carbocycles. The molecule has 0 aliphatic carbocycles. The van der Waals surface area contributed by atoms with Crippen molar-refractivity contribution < 1.29 is 4.79 Å². The molecule has 1 unspecified atom stereocenters. The lowest BCUT2D eigenvalue weighted by molar-refractivity contribution is -0.120. The molecule has 1 atom stereocenters. The van der Waals surface area contributed by atoms with Crippen molar-refractivity contribution >= 4 is 32.6 Å². The predicted octanol–water partition coefficient (Wildman–Crippen LogP) is 3.28. The predicted molar refractivity (Wildman–Crippen MR) is 79.1 cm³/mol. The lowest BCUT2D eigenvalue weighted by Crippen LogP contribution is -2.34. The van der Waals surface area contributed by atoms with Crippen LogP contribution in [0.4, 0.5) is 0 Å². The van der Waals surface area contributed by atoms with Crippen LogP contribution in [0.2, 0.25) is 0 Å².